The predicted molar refractivity (Wildman–Crippen MR) is 77.3 cm³/mol. The number of rotatable bonds is 4. The topological polar surface area (TPSA) is 58.3 Å². The SMILES string of the molecule is OC[C@@H](O)c1ccc2cnn(Cc3ccccc3)c2c1. The molecule has 4 nitrogen and oxygen atoms in total. The Labute approximate surface area is 116 Å². The van der Waals surface area contributed by atoms with Gasteiger partial charge in [0.05, 0.1) is 24.9 Å². The van der Waals surface area contributed by atoms with Gasteiger partial charge in [0.2, 0.25) is 0 Å². The fourth-order valence-electron chi connectivity index (χ4n) is 2.28. The fourth-order valence-corrected chi connectivity index (χ4v) is 2.28. The molecule has 0 saturated carbocycles. The summed E-state index contributed by atoms with van der Waals surface area (Å²) in [6.07, 6.45) is 0.965. The van der Waals surface area contributed by atoms with Gasteiger partial charge in [-0.15, -0.1) is 0 Å². The lowest BCUT2D eigenvalue weighted by Crippen LogP contribution is -2.04. The van der Waals surface area contributed by atoms with Gasteiger partial charge in [-0.1, -0.05) is 42.5 Å². The molecule has 0 radical (unpaired) electrons. The highest BCUT2D eigenvalue weighted by Gasteiger charge is 2.09. The number of hydrogen-bond donors (Lipinski definition) is 2. The first-order valence-corrected chi connectivity index (χ1v) is 6.56. The maximum absolute atomic E-state index is 9.73. The minimum absolute atomic E-state index is 0.279. The summed E-state index contributed by atoms with van der Waals surface area (Å²) in [6.45, 7) is 0.404. The molecule has 0 saturated heterocycles. The highest BCUT2D eigenvalue weighted by molar-refractivity contribution is 5.79. The zero-order valence-electron chi connectivity index (χ0n) is 11.0. The van der Waals surface area contributed by atoms with E-state index in [9.17, 15) is 5.11 Å². The molecule has 102 valence electrons. The van der Waals surface area contributed by atoms with Crippen molar-refractivity contribution < 1.29 is 10.2 Å². The first-order valence-electron chi connectivity index (χ1n) is 6.56. The molecule has 0 spiro atoms. The van der Waals surface area contributed by atoms with Crippen LogP contribution in [0.15, 0.2) is 54.7 Å². The van der Waals surface area contributed by atoms with E-state index in [1.807, 2.05) is 47.3 Å². The Hall–Kier alpha value is -2.17. The summed E-state index contributed by atoms with van der Waals surface area (Å²) < 4.78 is 1.90. The van der Waals surface area contributed by atoms with E-state index in [0.29, 0.717) is 12.1 Å². The zero-order chi connectivity index (χ0) is 13.9. The van der Waals surface area contributed by atoms with Gasteiger partial charge in [-0.3, -0.25) is 4.68 Å². The van der Waals surface area contributed by atoms with Crippen LogP contribution in [0.3, 0.4) is 0 Å². The summed E-state index contributed by atoms with van der Waals surface area (Å²) >= 11 is 0. The molecule has 1 heterocycles. The van der Waals surface area contributed by atoms with Crippen molar-refractivity contribution in [3.8, 4) is 0 Å². The highest BCUT2D eigenvalue weighted by atomic mass is 16.3. The third-order valence-electron chi connectivity index (χ3n) is 3.40. The van der Waals surface area contributed by atoms with Gasteiger partial charge in [0.1, 0.15) is 6.10 Å². The lowest BCUT2D eigenvalue weighted by atomic mass is 10.1. The number of fused-ring (bicyclic) bond motifs is 1. The number of aliphatic hydroxyl groups is 2. The van der Waals surface area contributed by atoms with E-state index in [0.717, 1.165) is 10.9 Å². The monoisotopic (exact) mass is 268 g/mol. The summed E-state index contributed by atoms with van der Waals surface area (Å²) in [5, 5.41) is 24.2. The fraction of sp³-hybridized carbons (Fsp3) is 0.188. The minimum Gasteiger partial charge on any atom is -0.393 e. The van der Waals surface area contributed by atoms with Gasteiger partial charge >= 0.3 is 0 Å². The van der Waals surface area contributed by atoms with Crippen LogP contribution < -0.4 is 0 Å². The maximum Gasteiger partial charge on any atom is 0.102 e. The average molecular weight is 268 g/mol. The molecule has 1 atom stereocenters. The molecular formula is C16H16N2O2. The molecule has 0 aliphatic heterocycles. The van der Waals surface area contributed by atoms with Crippen LogP contribution in [-0.2, 0) is 6.54 Å². The van der Waals surface area contributed by atoms with Crippen LogP contribution in [0.25, 0.3) is 10.9 Å². The third kappa shape index (κ3) is 2.43. The van der Waals surface area contributed by atoms with Gasteiger partial charge in [0.15, 0.2) is 0 Å². The summed E-state index contributed by atoms with van der Waals surface area (Å²) in [4.78, 5) is 0. The third-order valence-corrected chi connectivity index (χ3v) is 3.40. The molecule has 4 heteroatoms. The maximum atomic E-state index is 9.73. The van der Waals surface area contributed by atoms with Gasteiger partial charge < -0.3 is 10.2 Å². The number of aromatic nitrogens is 2. The van der Waals surface area contributed by atoms with Crippen molar-refractivity contribution in [1.82, 2.24) is 9.78 Å². The quantitative estimate of drug-likeness (QED) is 0.762. The standard InChI is InChI=1S/C16H16N2O2/c19-11-16(20)13-6-7-14-9-17-18(15(14)8-13)10-12-4-2-1-3-5-12/h1-9,16,19-20H,10-11H2/t16-/m1/s1. The molecule has 20 heavy (non-hydrogen) atoms. The molecular weight excluding hydrogens is 252 g/mol. The summed E-state index contributed by atoms with van der Waals surface area (Å²) in [7, 11) is 0. The second kappa shape index (κ2) is 5.45. The summed E-state index contributed by atoms with van der Waals surface area (Å²) in [5.41, 5.74) is 2.83. The van der Waals surface area contributed by atoms with E-state index < -0.39 is 6.10 Å². The number of benzene rings is 2. The highest BCUT2D eigenvalue weighted by Crippen LogP contribution is 2.21. The molecule has 3 rings (SSSR count). The Kier molecular flexibility index (Phi) is 3.50. The Balaban J connectivity index is 1.99. The number of nitrogens with zero attached hydrogens (tertiary/aromatic N) is 2. The first kappa shape index (κ1) is 12.8. The van der Waals surface area contributed by atoms with Gasteiger partial charge in [0.25, 0.3) is 0 Å². The van der Waals surface area contributed by atoms with Crippen LogP contribution in [0.2, 0.25) is 0 Å². The van der Waals surface area contributed by atoms with Crippen LogP contribution in [0.1, 0.15) is 17.2 Å². The van der Waals surface area contributed by atoms with Crippen molar-refractivity contribution >= 4 is 10.9 Å². The van der Waals surface area contributed by atoms with Crippen LogP contribution in [0.4, 0.5) is 0 Å². The molecule has 0 aliphatic carbocycles. The first-order chi connectivity index (χ1) is 9.78. The Morgan fingerprint density at radius 1 is 1.10 bits per heavy atom. The second-order valence-corrected chi connectivity index (χ2v) is 4.80. The molecule has 0 aliphatic rings. The summed E-state index contributed by atoms with van der Waals surface area (Å²) in [6, 6.07) is 15.7. The lowest BCUT2D eigenvalue weighted by molar-refractivity contribution is 0.0957. The predicted octanol–water partition coefficient (Wildman–Crippen LogP) is 2.11. The van der Waals surface area contributed by atoms with Crippen molar-refractivity contribution in [2.45, 2.75) is 12.6 Å². The van der Waals surface area contributed by atoms with E-state index in [-0.39, 0.29) is 6.61 Å². The van der Waals surface area contributed by atoms with Crippen LogP contribution >= 0.6 is 0 Å². The molecule has 0 bridgehead atoms. The van der Waals surface area contributed by atoms with Gasteiger partial charge in [-0.25, -0.2) is 0 Å². The van der Waals surface area contributed by atoms with E-state index in [1.165, 1.54) is 5.56 Å². The van der Waals surface area contributed by atoms with Crippen LogP contribution in [0.5, 0.6) is 0 Å². The van der Waals surface area contributed by atoms with Crippen molar-refractivity contribution in [3.05, 3.63) is 65.9 Å². The van der Waals surface area contributed by atoms with Crippen LogP contribution in [-0.4, -0.2) is 26.6 Å². The average Bonchev–Trinajstić information content (AvgIpc) is 2.90. The van der Waals surface area contributed by atoms with E-state index in [2.05, 4.69) is 17.2 Å². The van der Waals surface area contributed by atoms with Crippen molar-refractivity contribution in [3.63, 3.8) is 0 Å². The van der Waals surface area contributed by atoms with Crippen LogP contribution in [0, 0.1) is 0 Å². The smallest absolute Gasteiger partial charge is 0.102 e. The van der Waals surface area contributed by atoms with Gasteiger partial charge in [0, 0.05) is 5.39 Å². The number of aliphatic hydroxyl groups excluding tert-OH is 2. The second-order valence-electron chi connectivity index (χ2n) is 4.80. The van der Waals surface area contributed by atoms with E-state index in [4.69, 9.17) is 5.11 Å². The van der Waals surface area contributed by atoms with Gasteiger partial charge in [-0.05, 0) is 17.2 Å². The molecule has 3 aromatic rings. The molecule has 2 N–H and O–H groups in total. The van der Waals surface area contributed by atoms with E-state index >= 15 is 0 Å². The summed E-state index contributed by atoms with van der Waals surface area (Å²) in [5.74, 6) is 0. The van der Waals surface area contributed by atoms with Crippen molar-refractivity contribution in [1.29, 1.82) is 0 Å². The van der Waals surface area contributed by atoms with Crippen molar-refractivity contribution in [2.75, 3.05) is 6.61 Å². The van der Waals surface area contributed by atoms with Crippen molar-refractivity contribution in [2.24, 2.45) is 0 Å². The van der Waals surface area contributed by atoms with Gasteiger partial charge in [-0.2, -0.15) is 5.10 Å². The Morgan fingerprint density at radius 2 is 1.90 bits per heavy atom. The Bertz CT molecular complexity index is 707. The zero-order valence-corrected chi connectivity index (χ0v) is 11.0. The van der Waals surface area contributed by atoms with E-state index in [1.54, 1.807) is 0 Å². The minimum atomic E-state index is -0.848. The molecule has 0 fully saturated rings. The molecule has 1 aromatic heterocycles. The Morgan fingerprint density at radius 3 is 2.65 bits per heavy atom. The lowest BCUT2D eigenvalue weighted by Gasteiger charge is -2.09. The number of hydrogen-bond acceptors (Lipinski definition) is 3. The normalized spacial score (nSPS) is 12.7. The molecule has 0 amide bonds. The molecule has 2 aromatic carbocycles. The largest absolute Gasteiger partial charge is 0.393 e. The molecule has 0 unspecified atom stereocenters.